The van der Waals surface area contributed by atoms with Gasteiger partial charge in [0.1, 0.15) is 5.52 Å². The molecule has 0 N–H and O–H groups in total. The van der Waals surface area contributed by atoms with Gasteiger partial charge in [-0.3, -0.25) is 4.98 Å². The summed E-state index contributed by atoms with van der Waals surface area (Å²) < 4.78 is 8.15. The van der Waals surface area contributed by atoms with E-state index in [9.17, 15) is 0 Å². The van der Waals surface area contributed by atoms with Crippen LogP contribution in [0.2, 0.25) is 5.02 Å². The third kappa shape index (κ3) is 3.40. The number of fused-ring (bicyclic) bond motifs is 3. The van der Waals surface area contributed by atoms with Gasteiger partial charge in [0.05, 0.1) is 23.2 Å². The molecule has 148 valence electrons. The van der Waals surface area contributed by atoms with Crippen LogP contribution in [0.3, 0.4) is 0 Å². The molecule has 30 heavy (non-hydrogen) atoms. The summed E-state index contributed by atoms with van der Waals surface area (Å²) in [6.45, 7) is 2.67. The highest BCUT2D eigenvalue weighted by atomic mass is 35.5. The Balaban J connectivity index is 1.58. The van der Waals surface area contributed by atoms with Crippen molar-refractivity contribution in [1.82, 2.24) is 14.8 Å². The van der Waals surface area contributed by atoms with Gasteiger partial charge in [0.2, 0.25) is 5.88 Å². The summed E-state index contributed by atoms with van der Waals surface area (Å²) in [7, 11) is 0. The molecule has 0 radical (unpaired) electrons. The SMILES string of the molecule is Cc1ccccc1CCOc1c2cnc3ccccc3c2nn1-c1ccc(Cl)cc1. The number of rotatable bonds is 5. The van der Waals surface area contributed by atoms with Crippen molar-refractivity contribution in [3.8, 4) is 11.6 Å². The molecule has 0 atom stereocenters. The van der Waals surface area contributed by atoms with Crippen LogP contribution >= 0.6 is 11.6 Å². The first-order chi connectivity index (χ1) is 14.7. The smallest absolute Gasteiger partial charge is 0.226 e. The molecule has 0 saturated carbocycles. The summed E-state index contributed by atoms with van der Waals surface area (Å²) in [6.07, 6.45) is 2.67. The van der Waals surface area contributed by atoms with Gasteiger partial charge in [-0.05, 0) is 48.4 Å². The van der Waals surface area contributed by atoms with E-state index in [-0.39, 0.29) is 0 Å². The fourth-order valence-electron chi connectivity index (χ4n) is 3.69. The fraction of sp³-hybridized carbons (Fsp3) is 0.120. The predicted molar refractivity (Wildman–Crippen MR) is 122 cm³/mol. The van der Waals surface area contributed by atoms with Crippen molar-refractivity contribution in [2.45, 2.75) is 13.3 Å². The van der Waals surface area contributed by atoms with Crippen molar-refractivity contribution in [2.75, 3.05) is 6.61 Å². The Bertz CT molecular complexity index is 1340. The van der Waals surface area contributed by atoms with Crippen LogP contribution < -0.4 is 4.74 Å². The Morgan fingerprint density at radius 1 is 0.900 bits per heavy atom. The van der Waals surface area contributed by atoms with Gasteiger partial charge in [-0.2, -0.15) is 9.78 Å². The topological polar surface area (TPSA) is 39.9 Å². The van der Waals surface area contributed by atoms with E-state index in [1.807, 2.05) is 59.4 Å². The number of ether oxygens (including phenoxy) is 1. The minimum atomic E-state index is 0.548. The molecule has 0 spiro atoms. The number of halogens is 1. The first-order valence-corrected chi connectivity index (χ1v) is 10.3. The van der Waals surface area contributed by atoms with E-state index in [0.717, 1.165) is 33.9 Å². The van der Waals surface area contributed by atoms with Crippen molar-refractivity contribution < 1.29 is 4.74 Å². The van der Waals surface area contributed by atoms with Crippen LogP contribution in [-0.4, -0.2) is 21.4 Å². The van der Waals surface area contributed by atoms with Gasteiger partial charge in [-0.15, -0.1) is 0 Å². The first-order valence-electron chi connectivity index (χ1n) is 9.90. The standard InChI is InChI=1S/C25H20ClN3O/c1-17-6-2-3-7-18(17)14-15-30-25-22-16-27-23-9-5-4-8-21(23)24(22)28-29(25)20-12-10-19(26)11-13-20/h2-13,16H,14-15H2,1H3. The number of aromatic nitrogens is 3. The lowest BCUT2D eigenvalue weighted by atomic mass is 10.1. The van der Waals surface area contributed by atoms with Crippen molar-refractivity contribution in [2.24, 2.45) is 0 Å². The van der Waals surface area contributed by atoms with Crippen molar-refractivity contribution >= 4 is 33.4 Å². The Labute approximate surface area is 179 Å². The van der Waals surface area contributed by atoms with Gasteiger partial charge in [-0.1, -0.05) is 54.1 Å². The van der Waals surface area contributed by atoms with Crippen molar-refractivity contribution in [1.29, 1.82) is 0 Å². The highest BCUT2D eigenvalue weighted by molar-refractivity contribution is 6.30. The minimum absolute atomic E-state index is 0.548. The quantitative estimate of drug-likeness (QED) is 0.346. The maximum Gasteiger partial charge on any atom is 0.226 e. The normalized spacial score (nSPS) is 11.3. The van der Waals surface area contributed by atoms with Crippen molar-refractivity contribution in [3.05, 3.63) is 95.1 Å². The Morgan fingerprint density at radius 3 is 2.50 bits per heavy atom. The zero-order valence-electron chi connectivity index (χ0n) is 16.5. The maximum absolute atomic E-state index is 6.31. The molecule has 0 saturated heterocycles. The predicted octanol–water partition coefficient (Wildman–Crippen LogP) is 6.16. The first kappa shape index (κ1) is 18.6. The zero-order chi connectivity index (χ0) is 20.5. The Morgan fingerprint density at radius 2 is 1.67 bits per heavy atom. The number of pyridine rings is 1. The lowest BCUT2D eigenvalue weighted by Gasteiger charge is -2.11. The number of nitrogens with zero attached hydrogens (tertiary/aromatic N) is 3. The molecule has 0 fully saturated rings. The molecule has 0 bridgehead atoms. The van der Waals surface area contributed by atoms with E-state index in [1.165, 1.54) is 11.1 Å². The van der Waals surface area contributed by atoms with E-state index in [1.54, 1.807) is 0 Å². The van der Waals surface area contributed by atoms with E-state index < -0.39 is 0 Å². The van der Waals surface area contributed by atoms with Crippen LogP contribution in [-0.2, 0) is 6.42 Å². The lowest BCUT2D eigenvalue weighted by Crippen LogP contribution is -2.07. The zero-order valence-corrected chi connectivity index (χ0v) is 17.3. The van der Waals surface area contributed by atoms with Gasteiger partial charge in [0, 0.05) is 23.0 Å². The number of benzene rings is 3. The minimum Gasteiger partial charge on any atom is -0.477 e. The molecule has 0 aliphatic carbocycles. The van der Waals surface area contributed by atoms with Gasteiger partial charge in [0.15, 0.2) is 0 Å². The van der Waals surface area contributed by atoms with Gasteiger partial charge in [0.25, 0.3) is 0 Å². The second-order valence-corrected chi connectivity index (χ2v) is 7.69. The molecule has 0 unspecified atom stereocenters. The molecule has 0 aliphatic rings. The van der Waals surface area contributed by atoms with Crippen LogP contribution in [0, 0.1) is 6.92 Å². The maximum atomic E-state index is 6.31. The van der Waals surface area contributed by atoms with Gasteiger partial charge >= 0.3 is 0 Å². The summed E-state index contributed by atoms with van der Waals surface area (Å²) in [5.74, 6) is 0.694. The molecule has 5 aromatic rings. The summed E-state index contributed by atoms with van der Waals surface area (Å²) >= 11 is 6.09. The molecular formula is C25H20ClN3O. The molecule has 2 aromatic heterocycles. The summed E-state index contributed by atoms with van der Waals surface area (Å²) in [5, 5.41) is 7.48. The average Bonchev–Trinajstić information content (AvgIpc) is 3.15. The van der Waals surface area contributed by atoms with Crippen LogP contribution in [0.25, 0.3) is 27.5 Å². The summed E-state index contributed by atoms with van der Waals surface area (Å²) in [4.78, 5) is 4.62. The molecule has 3 aromatic carbocycles. The number of aryl methyl sites for hydroxylation is 1. The van der Waals surface area contributed by atoms with E-state index in [0.29, 0.717) is 17.5 Å². The number of para-hydroxylation sites is 1. The third-order valence-corrected chi connectivity index (χ3v) is 5.56. The molecular weight excluding hydrogens is 394 g/mol. The second kappa shape index (κ2) is 7.81. The van der Waals surface area contributed by atoms with Crippen LogP contribution in [0.15, 0.2) is 79.0 Å². The van der Waals surface area contributed by atoms with Crippen LogP contribution in [0.1, 0.15) is 11.1 Å². The summed E-state index contributed by atoms with van der Waals surface area (Å²) in [5.41, 5.74) is 5.23. The average molecular weight is 414 g/mol. The van der Waals surface area contributed by atoms with Crippen molar-refractivity contribution in [3.63, 3.8) is 0 Å². The molecule has 0 amide bonds. The molecule has 4 nitrogen and oxygen atoms in total. The van der Waals surface area contributed by atoms with Gasteiger partial charge in [-0.25, -0.2) is 0 Å². The molecule has 5 heteroatoms. The lowest BCUT2D eigenvalue weighted by molar-refractivity contribution is 0.303. The Hall–Kier alpha value is -3.37. The largest absolute Gasteiger partial charge is 0.477 e. The van der Waals surface area contributed by atoms with Gasteiger partial charge < -0.3 is 4.74 Å². The highest BCUT2D eigenvalue weighted by Crippen LogP contribution is 2.32. The van der Waals surface area contributed by atoms with E-state index in [2.05, 4.69) is 36.2 Å². The number of hydrogen-bond donors (Lipinski definition) is 0. The molecule has 5 rings (SSSR count). The fourth-order valence-corrected chi connectivity index (χ4v) is 3.82. The third-order valence-electron chi connectivity index (χ3n) is 5.31. The summed E-state index contributed by atoms with van der Waals surface area (Å²) in [6, 6.07) is 24.0. The second-order valence-electron chi connectivity index (χ2n) is 7.26. The highest BCUT2D eigenvalue weighted by Gasteiger charge is 2.17. The van der Waals surface area contributed by atoms with E-state index >= 15 is 0 Å². The van der Waals surface area contributed by atoms with Crippen LogP contribution in [0.4, 0.5) is 0 Å². The molecule has 2 heterocycles. The van der Waals surface area contributed by atoms with E-state index in [4.69, 9.17) is 21.4 Å². The number of hydrogen-bond acceptors (Lipinski definition) is 3. The molecule has 0 aliphatic heterocycles. The monoisotopic (exact) mass is 413 g/mol. The Kier molecular flexibility index (Phi) is 4.85. The van der Waals surface area contributed by atoms with Crippen LogP contribution in [0.5, 0.6) is 5.88 Å².